The van der Waals surface area contributed by atoms with Crippen LogP contribution in [-0.4, -0.2) is 5.78 Å². The van der Waals surface area contributed by atoms with Crippen molar-refractivity contribution < 1.29 is 4.79 Å². The van der Waals surface area contributed by atoms with Gasteiger partial charge in [-0.1, -0.05) is 52.5 Å². The van der Waals surface area contributed by atoms with E-state index in [4.69, 9.17) is 46.4 Å². The lowest BCUT2D eigenvalue weighted by molar-refractivity contribution is 0.0993. The lowest BCUT2D eigenvalue weighted by Gasteiger charge is -2.07. The molecule has 2 rings (SSSR count). The number of carbonyl (C=O) groups is 1. The highest BCUT2D eigenvalue weighted by atomic mass is 35.5. The highest BCUT2D eigenvalue weighted by Crippen LogP contribution is 2.27. The summed E-state index contributed by atoms with van der Waals surface area (Å²) in [7, 11) is 0. The summed E-state index contributed by atoms with van der Waals surface area (Å²) in [6.07, 6.45) is 0.121. The van der Waals surface area contributed by atoms with E-state index >= 15 is 0 Å². The minimum atomic E-state index is -0.117. The molecule has 0 saturated heterocycles. The summed E-state index contributed by atoms with van der Waals surface area (Å²) in [5.74, 6) is -0.117. The Balaban J connectivity index is 2.28. The zero-order valence-corrected chi connectivity index (χ0v) is 12.6. The quantitative estimate of drug-likeness (QED) is 0.656. The first-order valence-electron chi connectivity index (χ1n) is 5.40. The van der Waals surface area contributed by atoms with Gasteiger partial charge in [-0.05, 0) is 35.9 Å². The molecule has 1 nitrogen and oxygen atoms in total. The molecule has 0 aliphatic rings. The molecule has 0 fully saturated rings. The third kappa shape index (κ3) is 3.43. The maximum absolute atomic E-state index is 12.2. The molecule has 0 N–H and O–H groups in total. The van der Waals surface area contributed by atoms with Crippen molar-refractivity contribution in [1.29, 1.82) is 0 Å². The molecular weight excluding hydrogens is 326 g/mol. The van der Waals surface area contributed by atoms with Crippen molar-refractivity contribution in [2.24, 2.45) is 0 Å². The van der Waals surface area contributed by atoms with Gasteiger partial charge in [-0.25, -0.2) is 0 Å². The second-order valence-corrected chi connectivity index (χ2v) is 5.56. The fourth-order valence-corrected chi connectivity index (χ4v) is 2.46. The molecule has 2 aromatic rings. The molecule has 2 aromatic carbocycles. The van der Waals surface area contributed by atoms with Gasteiger partial charge in [-0.3, -0.25) is 4.79 Å². The van der Waals surface area contributed by atoms with E-state index in [-0.39, 0.29) is 12.2 Å². The highest BCUT2D eigenvalue weighted by molar-refractivity contribution is 6.42. The number of hydrogen-bond donors (Lipinski definition) is 0. The molecule has 0 spiro atoms. The normalized spacial score (nSPS) is 10.5. The molecule has 0 atom stereocenters. The predicted molar refractivity (Wildman–Crippen MR) is 81.0 cm³/mol. The topological polar surface area (TPSA) is 17.1 Å². The smallest absolute Gasteiger partial charge is 0.167 e. The average molecular weight is 334 g/mol. The van der Waals surface area contributed by atoms with Gasteiger partial charge < -0.3 is 0 Å². The lowest BCUT2D eigenvalue weighted by Crippen LogP contribution is -2.04. The van der Waals surface area contributed by atoms with Gasteiger partial charge in [0.2, 0.25) is 0 Å². The third-order valence-corrected chi connectivity index (χ3v) is 4.09. The molecule has 0 aromatic heterocycles. The second-order valence-electron chi connectivity index (χ2n) is 3.93. The zero-order valence-electron chi connectivity index (χ0n) is 9.59. The Morgan fingerprint density at radius 3 is 2.05 bits per heavy atom. The second kappa shape index (κ2) is 6.15. The van der Waals surface area contributed by atoms with Crippen LogP contribution in [0, 0.1) is 0 Å². The van der Waals surface area contributed by atoms with Gasteiger partial charge in [0.15, 0.2) is 5.78 Å². The molecule has 0 unspecified atom stereocenters. The van der Waals surface area contributed by atoms with E-state index in [1.54, 1.807) is 30.3 Å². The number of hydrogen-bond acceptors (Lipinski definition) is 1. The minimum Gasteiger partial charge on any atom is -0.294 e. The van der Waals surface area contributed by atoms with Crippen molar-refractivity contribution in [3.8, 4) is 0 Å². The molecule has 0 saturated carbocycles. The Hall–Kier alpha value is -0.730. The van der Waals surface area contributed by atoms with Crippen LogP contribution in [0.4, 0.5) is 0 Å². The zero-order chi connectivity index (χ0) is 14.0. The number of Topliss-reactive ketones (excluding diaryl/α,β-unsaturated/α-hetero) is 1. The van der Waals surface area contributed by atoms with Crippen molar-refractivity contribution in [3.05, 3.63) is 67.6 Å². The Labute approximate surface area is 131 Å². The number of halogens is 4. The van der Waals surface area contributed by atoms with Gasteiger partial charge in [0.05, 0.1) is 10.0 Å². The van der Waals surface area contributed by atoms with Gasteiger partial charge in [0.1, 0.15) is 0 Å². The maximum atomic E-state index is 12.2. The maximum Gasteiger partial charge on any atom is 0.167 e. The van der Waals surface area contributed by atoms with Gasteiger partial charge >= 0.3 is 0 Å². The Kier molecular flexibility index (Phi) is 4.75. The van der Waals surface area contributed by atoms with Crippen molar-refractivity contribution in [2.45, 2.75) is 6.42 Å². The third-order valence-electron chi connectivity index (χ3n) is 2.64. The van der Waals surface area contributed by atoms with E-state index in [2.05, 4.69) is 0 Å². The van der Waals surface area contributed by atoms with Crippen molar-refractivity contribution >= 4 is 52.2 Å². The summed E-state index contributed by atoms with van der Waals surface area (Å²) in [5, 5.41) is 1.70. The number of carbonyl (C=O) groups excluding carboxylic acids is 1. The van der Waals surface area contributed by atoms with Crippen LogP contribution < -0.4 is 0 Å². The highest BCUT2D eigenvalue weighted by Gasteiger charge is 2.13. The van der Waals surface area contributed by atoms with Crippen LogP contribution in [-0.2, 0) is 6.42 Å². The predicted octanol–water partition coefficient (Wildman–Crippen LogP) is 5.73. The molecule has 19 heavy (non-hydrogen) atoms. The summed E-state index contributed by atoms with van der Waals surface area (Å²) >= 11 is 23.8. The summed E-state index contributed by atoms with van der Waals surface area (Å²) < 4.78 is 0. The van der Waals surface area contributed by atoms with E-state index in [9.17, 15) is 4.79 Å². The first-order chi connectivity index (χ1) is 8.99. The summed E-state index contributed by atoms with van der Waals surface area (Å²) in [4.78, 5) is 12.2. The van der Waals surface area contributed by atoms with Crippen LogP contribution in [0.3, 0.4) is 0 Å². The Bertz CT molecular complexity index is 617. The van der Waals surface area contributed by atoms with Gasteiger partial charge in [-0.15, -0.1) is 0 Å². The van der Waals surface area contributed by atoms with Crippen LogP contribution in [0.2, 0.25) is 20.1 Å². The molecule has 98 valence electrons. The largest absolute Gasteiger partial charge is 0.294 e. The van der Waals surface area contributed by atoms with Gasteiger partial charge in [0, 0.05) is 22.0 Å². The average Bonchev–Trinajstić information content (AvgIpc) is 2.37. The SMILES string of the molecule is O=C(Cc1c(Cl)cccc1Cl)c1ccc(Cl)c(Cl)c1. The fourth-order valence-electron chi connectivity index (χ4n) is 1.63. The molecule has 5 heteroatoms. The van der Waals surface area contributed by atoms with Crippen LogP contribution in [0.15, 0.2) is 36.4 Å². The fraction of sp³-hybridized carbons (Fsp3) is 0.0714. The molecule has 0 radical (unpaired) electrons. The summed E-state index contributed by atoms with van der Waals surface area (Å²) in [6.45, 7) is 0. The molecule has 0 aliphatic heterocycles. The van der Waals surface area contributed by atoms with E-state index in [0.717, 1.165) is 0 Å². The standard InChI is InChI=1S/C14H8Cl4O/c15-10-2-1-3-11(16)9(10)7-14(19)8-4-5-12(17)13(18)6-8/h1-6H,7H2. The van der Waals surface area contributed by atoms with E-state index < -0.39 is 0 Å². The summed E-state index contributed by atoms with van der Waals surface area (Å²) in [5.41, 5.74) is 1.09. The van der Waals surface area contributed by atoms with Gasteiger partial charge in [-0.2, -0.15) is 0 Å². The van der Waals surface area contributed by atoms with Crippen molar-refractivity contribution in [1.82, 2.24) is 0 Å². The Morgan fingerprint density at radius 1 is 0.842 bits per heavy atom. The van der Waals surface area contributed by atoms with Crippen molar-refractivity contribution in [2.75, 3.05) is 0 Å². The molecule has 0 aliphatic carbocycles. The van der Waals surface area contributed by atoms with Gasteiger partial charge in [0.25, 0.3) is 0 Å². The van der Waals surface area contributed by atoms with Crippen LogP contribution in [0.1, 0.15) is 15.9 Å². The van der Waals surface area contributed by atoms with Crippen molar-refractivity contribution in [3.63, 3.8) is 0 Å². The first-order valence-corrected chi connectivity index (χ1v) is 6.91. The summed E-state index contributed by atoms with van der Waals surface area (Å²) in [6, 6.07) is 9.89. The van der Waals surface area contributed by atoms with Crippen LogP contribution in [0.5, 0.6) is 0 Å². The number of rotatable bonds is 3. The molecule has 0 heterocycles. The number of benzene rings is 2. The van der Waals surface area contributed by atoms with E-state index in [1.807, 2.05) is 0 Å². The molecule has 0 amide bonds. The van der Waals surface area contributed by atoms with Crippen LogP contribution in [0.25, 0.3) is 0 Å². The van der Waals surface area contributed by atoms with E-state index in [1.165, 1.54) is 6.07 Å². The molecular formula is C14H8Cl4O. The number of ketones is 1. The lowest BCUT2D eigenvalue weighted by atomic mass is 10.0. The van der Waals surface area contributed by atoms with E-state index in [0.29, 0.717) is 31.2 Å². The molecule has 0 bridgehead atoms. The Morgan fingerprint density at radius 2 is 1.47 bits per heavy atom. The first kappa shape index (κ1) is 14.7. The van der Waals surface area contributed by atoms with Crippen LogP contribution >= 0.6 is 46.4 Å². The minimum absolute atomic E-state index is 0.117. The monoisotopic (exact) mass is 332 g/mol.